The summed E-state index contributed by atoms with van der Waals surface area (Å²) in [6.07, 6.45) is 11.6. The third kappa shape index (κ3) is 3.30. The summed E-state index contributed by atoms with van der Waals surface area (Å²) in [5, 5.41) is 0. The molecule has 0 N–H and O–H groups in total. The fraction of sp³-hybridized carbons (Fsp3) is 0.778. The molecule has 0 radical (unpaired) electrons. The van der Waals surface area contributed by atoms with Crippen LogP contribution in [0.15, 0.2) is 12.4 Å². The highest BCUT2D eigenvalue weighted by Crippen LogP contribution is 2.45. The highest BCUT2D eigenvalue weighted by Gasteiger charge is 2.35. The average Bonchev–Trinajstić information content (AvgIpc) is 2.64. The molecular formula is C18H28N4O. The van der Waals surface area contributed by atoms with Crippen molar-refractivity contribution in [1.29, 1.82) is 0 Å². The lowest BCUT2D eigenvalue weighted by Gasteiger charge is -2.44. The molecule has 5 heteroatoms. The first-order valence-electron chi connectivity index (χ1n) is 9.24. The molecule has 2 aliphatic heterocycles. The maximum absolute atomic E-state index is 5.44. The molecular weight excluding hydrogens is 288 g/mol. The van der Waals surface area contributed by atoms with Crippen LogP contribution in [0, 0.1) is 5.41 Å². The minimum Gasteiger partial charge on any atom is -0.378 e. The van der Waals surface area contributed by atoms with E-state index in [-0.39, 0.29) is 0 Å². The van der Waals surface area contributed by atoms with Crippen molar-refractivity contribution in [3.8, 4) is 0 Å². The molecule has 1 aliphatic carbocycles. The van der Waals surface area contributed by atoms with Crippen molar-refractivity contribution in [2.24, 2.45) is 5.41 Å². The smallest absolute Gasteiger partial charge is 0.134 e. The van der Waals surface area contributed by atoms with Gasteiger partial charge in [-0.15, -0.1) is 0 Å². The van der Waals surface area contributed by atoms with Crippen LogP contribution in [0.4, 0.5) is 11.6 Å². The van der Waals surface area contributed by atoms with Crippen LogP contribution in [0.2, 0.25) is 0 Å². The second kappa shape index (κ2) is 6.63. The number of ether oxygens (including phenoxy) is 1. The molecule has 0 amide bonds. The first-order valence-corrected chi connectivity index (χ1v) is 9.24. The van der Waals surface area contributed by atoms with Gasteiger partial charge < -0.3 is 14.5 Å². The first kappa shape index (κ1) is 15.2. The number of hydrogen-bond acceptors (Lipinski definition) is 5. The maximum atomic E-state index is 5.44. The summed E-state index contributed by atoms with van der Waals surface area (Å²) in [7, 11) is 0. The molecule has 1 aromatic heterocycles. The summed E-state index contributed by atoms with van der Waals surface area (Å²) in [5.41, 5.74) is 0.648. The minimum absolute atomic E-state index is 0.648. The Morgan fingerprint density at radius 1 is 0.783 bits per heavy atom. The van der Waals surface area contributed by atoms with Crippen LogP contribution in [0.1, 0.15) is 44.9 Å². The molecule has 1 spiro atoms. The van der Waals surface area contributed by atoms with Crippen molar-refractivity contribution in [3.63, 3.8) is 0 Å². The molecule has 0 atom stereocenters. The highest BCUT2D eigenvalue weighted by molar-refractivity contribution is 5.50. The molecule has 0 unspecified atom stereocenters. The summed E-state index contributed by atoms with van der Waals surface area (Å²) in [6, 6.07) is 2.17. The Balaban J connectivity index is 1.42. The van der Waals surface area contributed by atoms with Gasteiger partial charge in [-0.3, -0.25) is 0 Å². The summed E-state index contributed by atoms with van der Waals surface area (Å²) in [4.78, 5) is 13.8. The van der Waals surface area contributed by atoms with Crippen LogP contribution in [0.5, 0.6) is 0 Å². The highest BCUT2D eigenvalue weighted by atomic mass is 16.5. The third-order valence-corrected chi connectivity index (χ3v) is 6.04. The summed E-state index contributed by atoms with van der Waals surface area (Å²) < 4.78 is 5.44. The van der Waals surface area contributed by atoms with Gasteiger partial charge in [0.1, 0.15) is 18.0 Å². The van der Waals surface area contributed by atoms with E-state index in [1.807, 2.05) is 0 Å². The molecule has 23 heavy (non-hydrogen) atoms. The summed E-state index contributed by atoms with van der Waals surface area (Å²) >= 11 is 0. The van der Waals surface area contributed by atoms with Gasteiger partial charge in [0, 0.05) is 32.2 Å². The van der Waals surface area contributed by atoms with E-state index in [1.165, 1.54) is 44.9 Å². The van der Waals surface area contributed by atoms with Crippen LogP contribution in [0.25, 0.3) is 0 Å². The van der Waals surface area contributed by atoms with E-state index in [0.717, 1.165) is 51.0 Å². The number of aromatic nitrogens is 2. The Hall–Kier alpha value is -1.36. The fourth-order valence-corrected chi connectivity index (χ4v) is 4.49. The van der Waals surface area contributed by atoms with Gasteiger partial charge in [0.15, 0.2) is 0 Å². The van der Waals surface area contributed by atoms with Crippen molar-refractivity contribution in [1.82, 2.24) is 9.97 Å². The molecule has 1 saturated carbocycles. The van der Waals surface area contributed by atoms with Gasteiger partial charge in [-0.25, -0.2) is 9.97 Å². The number of hydrogen-bond donors (Lipinski definition) is 0. The van der Waals surface area contributed by atoms with Gasteiger partial charge >= 0.3 is 0 Å². The minimum atomic E-state index is 0.648. The molecule has 3 aliphatic rings. The molecule has 0 bridgehead atoms. The van der Waals surface area contributed by atoms with E-state index in [1.54, 1.807) is 6.33 Å². The molecule has 0 aromatic carbocycles. The number of nitrogens with zero attached hydrogens (tertiary/aromatic N) is 4. The van der Waals surface area contributed by atoms with Crippen molar-refractivity contribution in [2.75, 3.05) is 49.2 Å². The molecule has 5 nitrogen and oxygen atoms in total. The predicted octanol–water partition coefficient (Wildman–Crippen LogP) is 2.86. The summed E-state index contributed by atoms with van der Waals surface area (Å²) in [5.74, 6) is 2.16. The maximum Gasteiger partial charge on any atom is 0.134 e. The molecule has 3 heterocycles. The lowest BCUT2D eigenvalue weighted by molar-refractivity contribution is 0.122. The van der Waals surface area contributed by atoms with Crippen molar-refractivity contribution >= 4 is 11.6 Å². The SMILES string of the molecule is c1nc(N2CCOCC2)cc(N2CCC3(CCCCC3)CC2)n1. The molecule has 4 rings (SSSR count). The van der Waals surface area contributed by atoms with Crippen molar-refractivity contribution < 1.29 is 4.74 Å². The zero-order valence-electron chi connectivity index (χ0n) is 14.0. The van der Waals surface area contributed by atoms with Gasteiger partial charge in [-0.1, -0.05) is 19.3 Å². The van der Waals surface area contributed by atoms with E-state index >= 15 is 0 Å². The van der Waals surface area contributed by atoms with Crippen molar-refractivity contribution in [2.45, 2.75) is 44.9 Å². The lowest BCUT2D eigenvalue weighted by atomic mass is 9.68. The normalized spacial score (nSPS) is 24.9. The Morgan fingerprint density at radius 2 is 1.39 bits per heavy atom. The average molecular weight is 316 g/mol. The monoisotopic (exact) mass is 316 g/mol. The van der Waals surface area contributed by atoms with E-state index in [9.17, 15) is 0 Å². The van der Waals surface area contributed by atoms with E-state index in [4.69, 9.17) is 4.74 Å². The van der Waals surface area contributed by atoms with E-state index < -0.39 is 0 Å². The molecule has 2 saturated heterocycles. The van der Waals surface area contributed by atoms with E-state index in [0.29, 0.717) is 5.41 Å². The second-order valence-corrected chi connectivity index (χ2v) is 7.38. The number of anilines is 2. The quantitative estimate of drug-likeness (QED) is 0.839. The topological polar surface area (TPSA) is 41.5 Å². The van der Waals surface area contributed by atoms with Gasteiger partial charge in [0.25, 0.3) is 0 Å². The number of morpholine rings is 1. The van der Waals surface area contributed by atoms with Crippen LogP contribution in [-0.2, 0) is 4.74 Å². The van der Waals surface area contributed by atoms with Gasteiger partial charge in [-0.05, 0) is 31.1 Å². The second-order valence-electron chi connectivity index (χ2n) is 7.38. The van der Waals surface area contributed by atoms with Gasteiger partial charge in [0.05, 0.1) is 13.2 Å². The van der Waals surface area contributed by atoms with Crippen LogP contribution < -0.4 is 9.80 Å². The van der Waals surface area contributed by atoms with Crippen molar-refractivity contribution in [3.05, 3.63) is 12.4 Å². The molecule has 3 fully saturated rings. The van der Waals surface area contributed by atoms with Gasteiger partial charge in [-0.2, -0.15) is 0 Å². The first-order chi connectivity index (χ1) is 11.3. The Kier molecular flexibility index (Phi) is 4.38. The molecule has 126 valence electrons. The Bertz CT molecular complexity index is 514. The Morgan fingerprint density at radius 3 is 2.04 bits per heavy atom. The zero-order valence-corrected chi connectivity index (χ0v) is 14.0. The third-order valence-electron chi connectivity index (χ3n) is 6.04. The van der Waals surface area contributed by atoms with Crippen LogP contribution in [0.3, 0.4) is 0 Å². The summed E-state index contributed by atoms with van der Waals surface area (Å²) in [6.45, 7) is 5.76. The zero-order chi connectivity index (χ0) is 15.5. The van der Waals surface area contributed by atoms with E-state index in [2.05, 4.69) is 25.8 Å². The van der Waals surface area contributed by atoms with Crippen LogP contribution in [-0.4, -0.2) is 49.4 Å². The van der Waals surface area contributed by atoms with Gasteiger partial charge in [0.2, 0.25) is 0 Å². The molecule has 1 aromatic rings. The number of rotatable bonds is 2. The fourth-order valence-electron chi connectivity index (χ4n) is 4.49. The largest absolute Gasteiger partial charge is 0.378 e. The Labute approximate surface area is 139 Å². The standard InChI is InChI=1S/C18H28N4O/c1-2-4-18(5-3-1)6-8-21(9-7-18)16-14-17(20-15-19-16)22-10-12-23-13-11-22/h14-15H,1-13H2. The van der Waals surface area contributed by atoms with Crippen LogP contribution >= 0.6 is 0 Å². The lowest BCUT2D eigenvalue weighted by Crippen LogP contribution is -2.41. The predicted molar refractivity (Wildman–Crippen MR) is 92.0 cm³/mol. The number of piperidine rings is 1.